The molecule has 0 fully saturated rings. The molecule has 0 aromatic carbocycles. The van der Waals surface area contributed by atoms with Crippen molar-refractivity contribution in [3.05, 3.63) is 105 Å². The van der Waals surface area contributed by atoms with Crippen molar-refractivity contribution < 1.29 is 126 Å². The van der Waals surface area contributed by atoms with Crippen LogP contribution in [0.5, 0.6) is 0 Å². The third-order valence-corrected chi connectivity index (χ3v) is 6.75. The third kappa shape index (κ3) is 13.7. The van der Waals surface area contributed by atoms with E-state index in [4.69, 9.17) is 15.3 Å². The zero-order valence-corrected chi connectivity index (χ0v) is 31.0. The van der Waals surface area contributed by atoms with Gasteiger partial charge in [-0.25, -0.2) is 41.3 Å². The minimum absolute atomic E-state index is 0. The van der Waals surface area contributed by atoms with Gasteiger partial charge in [0.15, 0.2) is 69.3 Å². The number of carbonyl (C=O) groups excluding carboxylic acids is 3. The van der Waals surface area contributed by atoms with E-state index in [2.05, 4.69) is 15.0 Å². The molecule has 3 heterocycles. The van der Waals surface area contributed by atoms with Gasteiger partial charge in [0.2, 0.25) is 17.8 Å². The van der Waals surface area contributed by atoms with Crippen molar-refractivity contribution >= 4 is 34.1 Å². The van der Waals surface area contributed by atoms with Gasteiger partial charge < -0.3 is 15.3 Å². The van der Waals surface area contributed by atoms with Gasteiger partial charge in [0.25, 0.3) is 0 Å². The zero-order chi connectivity index (χ0) is 47.0. The molecule has 0 saturated carbocycles. The molecule has 3 aromatic heterocycles. The molecule has 0 amide bonds. The molecule has 9 nitrogen and oxygen atoms in total. The van der Waals surface area contributed by atoms with E-state index in [0.29, 0.717) is 18.2 Å². The molecular formula is C33H21F18FeN3O6. The number of hydrogen-bond acceptors (Lipinski definition) is 9. The van der Waals surface area contributed by atoms with E-state index in [0.717, 1.165) is 20.8 Å². The van der Waals surface area contributed by atoms with Gasteiger partial charge in [0.05, 0.1) is 36.5 Å². The maximum atomic E-state index is 13.7. The van der Waals surface area contributed by atoms with Gasteiger partial charge in [-0.15, -0.1) is 0 Å². The number of carbonyl (C=O) groups is 3. The molecule has 0 atom stereocenters. The number of rotatable bonds is 9. The Balaban J connectivity index is 0.000000878. The second-order valence-electron chi connectivity index (χ2n) is 10.8. The fraction of sp³-hybridized carbons (Fsp3) is 0.273. The normalized spacial score (nSPS) is 12.5. The monoisotopic (exact) mass is 953 g/mol. The first-order valence-electron chi connectivity index (χ1n) is 15.1. The van der Waals surface area contributed by atoms with Crippen LogP contribution in [0.1, 0.15) is 54.5 Å². The Morgan fingerprint density at radius 2 is 0.607 bits per heavy atom. The third-order valence-electron chi connectivity index (χ3n) is 6.75. The Kier molecular flexibility index (Phi) is 20.2. The standard InChI is InChI=1S/3C11H7F6NO2.Fe/c3*1-4(20)5(2-3-19)6-7(12)9(11(15,16)17)18-10(14)8(6)13;/h3*2,19H,3H2,1H3;/b3*5-2+;. The minimum Gasteiger partial charge on any atom is -0.392 e. The van der Waals surface area contributed by atoms with Gasteiger partial charge in [-0.2, -0.15) is 52.7 Å². The van der Waals surface area contributed by atoms with Gasteiger partial charge in [0, 0.05) is 33.8 Å². The molecule has 0 aliphatic heterocycles. The quantitative estimate of drug-likeness (QED) is 0.0861. The largest absolute Gasteiger partial charge is 0.436 e. The first-order valence-corrected chi connectivity index (χ1v) is 15.1. The summed E-state index contributed by atoms with van der Waals surface area (Å²) in [4.78, 5) is 40.0. The Labute approximate surface area is 338 Å². The van der Waals surface area contributed by atoms with Crippen molar-refractivity contribution in [1.29, 1.82) is 0 Å². The number of allylic oxidation sites excluding steroid dienone is 3. The number of halogens is 18. The molecule has 3 aromatic rings. The maximum Gasteiger partial charge on any atom is 0.436 e. The van der Waals surface area contributed by atoms with E-state index in [1.54, 1.807) is 0 Å². The molecule has 338 valence electrons. The fourth-order valence-electron chi connectivity index (χ4n) is 4.35. The summed E-state index contributed by atoms with van der Waals surface area (Å²) in [6, 6.07) is 0. The number of nitrogens with zero attached hydrogens (tertiary/aromatic N) is 3. The second-order valence-corrected chi connectivity index (χ2v) is 10.8. The van der Waals surface area contributed by atoms with E-state index >= 15 is 0 Å². The topological polar surface area (TPSA) is 151 Å². The molecule has 0 bridgehead atoms. The summed E-state index contributed by atoms with van der Waals surface area (Å²) in [7, 11) is 0. The number of aliphatic hydroxyl groups excluding tert-OH is 3. The molecule has 3 rings (SSSR count). The van der Waals surface area contributed by atoms with E-state index in [-0.39, 0.29) is 17.1 Å². The molecule has 0 unspecified atom stereocenters. The van der Waals surface area contributed by atoms with Crippen molar-refractivity contribution in [1.82, 2.24) is 15.0 Å². The van der Waals surface area contributed by atoms with Crippen LogP contribution in [0.4, 0.5) is 79.0 Å². The van der Waals surface area contributed by atoms with E-state index in [1.807, 2.05) is 0 Å². The number of Topliss-reactive ketones (excluding diaryl/α,β-unsaturated/α-hetero) is 3. The molecule has 28 heteroatoms. The van der Waals surface area contributed by atoms with Crippen molar-refractivity contribution in [2.75, 3.05) is 19.8 Å². The molecular weight excluding hydrogens is 932 g/mol. The second kappa shape index (κ2) is 22.1. The molecule has 0 saturated heterocycles. The van der Waals surface area contributed by atoms with Crippen LogP contribution in [-0.2, 0) is 50.0 Å². The fourth-order valence-corrected chi connectivity index (χ4v) is 4.35. The Morgan fingerprint density at radius 3 is 0.738 bits per heavy atom. The van der Waals surface area contributed by atoms with Crippen molar-refractivity contribution in [2.45, 2.75) is 39.3 Å². The van der Waals surface area contributed by atoms with Crippen LogP contribution in [0.2, 0.25) is 0 Å². The van der Waals surface area contributed by atoms with Crippen LogP contribution in [-0.4, -0.2) is 67.4 Å². The van der Waals surface area contributed by atoms with Crippen LogP contribution in [0.3, 0.4) is 0 Å². The molecule has 61 heavy (non-hydrogen) atoms. The van der Waals surface area contributed by atoms with Gasteiger partial charge in [-0.05, 0) is 39.0 Å². The Bertz CT molecular complexity index is 1990. The number of ketones is 3. The molecule has 0 aliphatic carbocycles. The average molecular weight is 953 g/mol. The summed E-state index contributed by atoms with van der Waals surface area (Å²) in [5.74, 6) is -22.5. The van der Waals surface area contributed by atoms with E-state index in [9.17, 15) is 93.4 Å². The number of aliphatic hydroxyl groups is 3. The average Bonchev–Trinajstić information content (AvgIpc) is 3.10. The number of aromatic nitrogens is 3. The number of hydrogen-bond donors (Lipinski definition) is 3. The SMILES string of the molecule is CC(=O)/C(=C\CO)c1c(F)c(F)nc(C(F)(F)F)c1F.CC(=O)/C(=C\CO)c1c(F)c(F)nc(C(F)(F)F)c1F.CC(=O)/C(=C\CO)c1c(F)c(F)nc(C(F)(F)F)c1F.[Fe]. The van der Waals surface area contributed by atoms with E-state index < -0.39 is 159 Å². The number of alkyl halides is 9. The first-order chi connectivity index (χ1) is 27.3. The summed E-state index contributed by atoms with van der Waals surface area (Å²) < 4.78 is 233. The van der Waals surface area contributed by atoms with Crippen LogP contribution in [0.15, 0.2) is 18.2 Å². The molecule has 3 N–H and O–H groups in total. The van der Waals surface area contributed by atoms with Crippen molar-refractivity contribution in [2.24, 2.45) is 0 Å². The predicted octanol–water partition coefficient (Wildman–Crippen LogP) is 7.44. The summed E-state index contributed by atoms with van der Waals surface area (Å²) >= 11 is 0. The van der Waals surface area contributed by atoms with Crippen LogP contribution in [0, 0.1) is 52.7 Å². The number of pyridine rings is 3. The van der Waals surface area contributed by atoms with Crippen LogP contribution in [0.25, 0.3) is 16.7 Å². The molecule has 0 aliphatic rings. The predicted molar refractivity (Wildman–Crippen MR) is 165 cm³/mol. The summed E-state index contributed by atoms with van der Waals surface area (Å²) in [6.07, 6.45) is -14.4. The smallest absolute Gasteiger partial charge is 0.392 e. The summed E-state index contributed by atoms with van der Waals surface area (Å²) in [6.45, 7) is -0.235. The van der Waals surface area contributed by atoms with Crippen LogP contribution < -0.4 is 0 Å². The van der Waals surface area contributed by atoms with Gasteiger partial charge in [-0.1, -0.05) is 0 Å². The van der Waals surface area contributed by atoms with Crippen LogP contribution >= 0.6 is 0 Å². The van der Waals surface area contributed by atoms with Gasteiger partial charge >= 0.3 is 18.5 Å². The Hall–Kier alpha value is -5.18. The van der Waals surface area contributed by atoms with Gasteiger partial charge in [-0.3, -0.25) is 14.4 Å². The van der Waals surface area contributed by atoms with Crippen molar-refractivity contribution in [3.63, 3.8) is 0 Å². The van der Waals surface area contributed by atoms with Gasteiger partial charge in [0.1, 0.15) is 0 Å². The maximum absolute atomic E-state index is 13.7. The summed E-state index contributed by atoms with van der Waals surface area (Å²) in [5.41, 5.74) is -14.1. The molecule has 0 radical (unpaired) electrons. The minimum atomic E-state index is -5.37. The van der Waals surface area contributed by atoms with Crippen molar-refractivity contribution in [3.8, 4) is 0 Å². The Morgan fingerprint density at radius 1 is 0.426 bits per heavy atom. The zero-order valence-electron chi connectivity index (χ0n) is 29.9. The first kappa shape index (κ1) is 55.8. The van der Waals surface area contributed by atoms with E-state index in [1.165, 1.54) is 0 Å². The molecule has 0 spiro atoms. The summed E-state index contributed by atoms with van der Waals surface area (Å²) in [5, 5.41) is 25.9.